The van der Waals surface area contributed by atoms with Crippen LogP contribution in [-0.2, 0) is 0 Å². The van der Waals surface area contributed by atoms with Crippen molar-refractivity contribution in [3.05, 3.63) is 46.2 Å². The van der Waals surface area contributed by atoms with Crippen molar-refractivity contribution in [2.75, 3.05) is 5.32 Å². The first kappa shape index (κ1) is 11.7. The van der Waals surface area contributed by atoms with E-state index in [1.807, 2.05) is 25.3 Å². The highest BCUT2D eigenvalue weighted by Gasteiger charge is 2.07. The Morgan fingerprint density at radius 3 is 2.94 bits per heavy atom. The average molecular weight is 291 g/mol. The van der Waals surface area contributed by atoms with Crippen molar-refractivity contribution in [1.29, 1.82) is 5.26 Å². The minimum atomic E-state index is 0.134. The topological polar surface area (TPSA) is 64.5 Å². The summed E-state index contributed by atoms with van der Waals surface area (Å²) in [4.78, 5) is 0. The largest absolute Gasteiger partial charge is 0.378 e. The van der Waals surface area contributed by atoms with Crippen molar-refractivity contribution in [2.45, 2.75) is 13.0 Å². The number of hydrogen-bond donors (Lipinski definition) is 2. The van der Waals surface area contributed by atoms with E-state index in [1.54, 1.807) is 12.3 Å². The van der Waals surface area contributed by atoms with Crippen molar-refractivity contribution in [3.8, 4) is 6.07 Å². The number of aromatic amines is 1. The van der Waals surface area contributed by atoms with Gasteiger partial charge in [-0.25, -0.2) is 0 Å². The zero-order valence-electron chi connectivity index (χ0n) is 9.24. The van der Waals surface area contributed by atoms with Crippen LogP contribution in [0.25, 0.3) is 0 Å². The van der Waals surface area contributed by atoms with E-state index in [-0.39, 0.29) is 6.04 Å². The first-order chi connectivity index (χ1) is 8.19. The molecule has 0 radical (unpaired) electrons. The first-order valence-corrected chi connectivity index (χ1v) is 5.94. The Morgan fingerprint density at radius 1 is 1.47 bits per heavy atom. The molecule has 2 N–H and O–H groups in total. The molecule has 17 heavy (non-hydrogen) atoms. The predicted molar refractivity (Wildman–Crippen MR) is 69.5 cm³/mol. The molecule has 1 heterocycles. The summed E-state index contributed by atoms with van der Waals surface area (Å²) < 4.78 is 0.887. The van der Waals surface area contributed by atoms with Gasteiger partial charge in [0.05, 0.1) is 23.9 Å². The predicted octanol–water partition coefficient (Wildman–Crippen LogP) is 3.22. The van der Waals surface area contributed by atoms with Crippen molar-refractivity contribution < 1.29 is 0 Å². The van der Waals surface area contributed by atoms with Crippen molar-refractivity contribution in [2.24, 2.45) is 0 Å². The maximum absolute atomic E-state index is 8.89. The van der Waals surface area contributed by atoms with Crippen LogP contribution in [0.15, 0.2) is 35.1 Å². The monoisotopic (exact) mass is 290 g/mol. The third-order valence-electron chi connectivity index (χ3n) is 2.43. The number of aromatic nitrogens is 2. The fourth-order valence-electron chi connectivity index (χ4n) is 1.57. The van der Waals surface area contributed by atoms with E-state index < -0.39 is 0 Å². The maximum atomic E-state index is 8.89. The van der Waals surface area contributed by atoms with Gasteiger partial charge in [-0.3, -0.25) is 5.10 Å². The molecule has 1 aromatic carbocycles. The number of nitrogens with zero attached hydrogens (tertiary/aromatic N) is 2. The molecule has 5 heteroatoms. The summed E-state index contributed by atoms with van der Waals surface area (Å²) in [6.07, 6.45) is 3.63. The molecule has 2 aromatic rings. The Morgan fingerprint density at radius 2 is 2.29 bits per heavy atom. The van der Waals surface area contributed by atoms with Gasteiger partial charge in [-0.1, -0.05) is 15.9 Å². The molecule has 0 aliphatic rings. The second-order valence-electron chi connectivity index (χ2n) is 3.74. The second-order valence-corrected chi connectivity index (χ2v) is 4.65. The van der Waals surface area contributed by atoms with Gasteiger partial charge in [0.2, 0.25) is 0 Å². The standard InChI is InChI=1S/C12H11BrN4/c1-8(10-6-15-16-7-10)17-12-3-9(5-14)2-11(13)4-12/h2-4,6-8,17H,1H3,(H,15,16). The Bertz CT molecular complexity index is 542. The zero-order valence-corrected chi connectivity index (χ0v) is 10.8. The Hall–Kier alpha value is -1.80. The van der Waals surface area contributed by atoms with E-state index >= 15 is 0 Å². The van der Waals surface area contributed by atoms with E-state index in [0.717, 1.165) is 15.7 Å². The quantitative estimate of drug-likeness (QED) is 0.912. The summed E-state index contributed by atoms with van der Waals surface area (Å²) in [5.74, 6) is 0. The van der Waals surface area contributed by atoms with E-state index in [9.17, 15) is 0 Å². The van der Waals surface area contributed by atoms with Crippen molar-refractivity contribution >= 4 is 21.6 Å². The van der Waals surface area contributed by atoms with Gasteiger partial charge in [-0.15, -0.1) is 0 Å². The average Bonchev–Trinajstić information content (AvgIpc) is 2.81. The number of rotatable bonds is 3. The summed E-state index contributed by atoms with van der Waals surface area (Å²) in [6.45, 7) is 2.04. The lowest BCUT2D eigenvalue weighted by Crippen LogP contribution is -2.05. The molecule has 0 bridgehead atoms. The Labute approximate surface area is 108 Å². The number of halogens is 1. The molecule has 0 saturated carbocycles. The molecule has 1 unspecified atom stereocenters. The lowest BCUT2D eigenvalue weighted by atomic mass is 10.1. The fraction of sp³-hybridized carbons (Fsp3) is 0.167. The Kier molecular flexibility index (Phi) is 3.45. The molecule has 0 spiro atoms. The van der Waals surface area contributed by atoms with Crippen LogP contribution < -0.4 is 5.32 Å². The highest BCUT2D eigenvalue weighted by Crippen LogP contribution is 2.23. The minimum absolute atomic E-state index is 0.134. The van der Waals surface area contributed by atoms with Gasteiger partial charge in [0, 0.05) is 21.9 Å². The number of H-pyrrole nitrogens is 1. The van der Waals surface area contributed by atoms with E-state index in [1.165, 1.54) is 0 Å². The van der Waals surface area contributed by atoms with Crippen LogP contribution in [0, 0.1) is 11.3 Å². The van der Waals surface area contributed by atoms with Gasteiger partial charge in [0.15, 0.2) is 0 Å². The number of nitrogens with one attached hydrogen (secondary N) is 2. The molecule has 0 saturated heterocycles. The number of hydrogen-bond acceptors (Lipinski definition) is 3. The molecular weight excluding hydrogens is 280 g/mol. The molecule has 1 atom stereocenters. The number of benzene rings is 1. The van der Waals surface area contributed by atoms with Gasteiger partial charge in [0.25, 0.3) is 0 Å². The van der Waals surface area contributed by atoms with Crippen LogP contribution in [-0.4, -0.2) is 10.2 Å². The van der Waals surface area contributed by atoms with Crippen LogP contribution in [0.1, 0.15) is 24.1 Å². The van der Waals surface area contributed by atoms with E-state index in [4.69, 9.17) is 5.26 Å². The normalized spacial score (nSPS) is 11.8. The third kappa shape index (κ3) is 2.86. The highest BCUT2D eigenvalue weighted by molar-refractivity contribution is 9.10. The van der Waals surface area contributed by atoms with Crippen LogP contribution in [0.5, 0.6) is 0 Å². The lowest BCUT2D eigenvalue weighted by molar-refractivity contribution is 0.886. The van der Waals surface area contributed by atoms with Gasteiger partial charge in [-0.05, 0) is 25.1 Å². The lowest BCUT2D eigenvalue weighted by Gasteiger charge is -2.14. The molecule has 2 rings (SSSR count). The molecular formula is C12H11BrN4. The van der Waals surface area contributed by atoms with Crippen LogP contribution in [0.4, 0.5) is 5.69 Å². The summed E-state index contributed by atoms with van der Waals surface area (Å²) >= 11 is 3.38. The second kappa shape index (κ2) is 5.02. The molecule has 0 amide bonds. The number of nitriles is 1. The first-order valence-electron chi connectivity index (χ1n) is 5.15. The van der Waals surface area contributed by atoms with Crippen molar-refractivity contribution in [3.63, 3.8) is 0 Å². The fourth-order valence-corrected chi connectivity index (χ4v) is 2.06. The molecule has 1 aromatic heterocycles. The van der Waals surface area contributed by atoms with Gasteiger partial charge in [0.1, 0.15) is 0 Å². The molecule has 0 aliphatic heterocycles. The molecule has 0 aliphatic carbocycles. The summed E-state index contributed by atoms with van der Waals surface area (Å²) in [7, 11) is 0. The Balaban J connectivity index is 2.19. The van der Waals surface area contributed by atoms with E-state index in [0.29, 0.717) is 5.56 Å². The maximum Gasteiger partial charge on any atom is 0.0992 e. The zero-order chi connectivity index (χ0) is 12.3. The van der Waals surface area contributed by atoms with Crippen molar-refractivity contribution in [1.82, 2.24) is 10.2 Å². The molecule has 86 valence electrons. The third-order valence-corrected chi connectivity index (χ3v) is 2.89. The van der Waals surface area contributed by atoms with Crippen LogP contribution >= 0.6 is 15.9 Å². The molecule has 0 fully saturated rings. The molecule has 4 nitrogen and oxygen atoms in total. The smallest absolute Gasteiger partial charge is 0.0992 e. The van der Waals surface area contributed by atoms with Gasteiger partial charge < -0.3 is 5.32 Å². The van der Waals surface area contributed by atoms with Gasteiger partial charge in [-0.2, -0.15) is 10.4 Å². The summed E-state index contributed by atoms with van der Waals surface area (Å²) in [5, 5.41) is 18.9. The number of anilines is 1. The summed E-state index contributed by atoms with van der Waals surface area (Å²) in [5.41, 5.74) is 2.61. The SMILES string of the molecule is CC(Nc1cc(Br)cc(C#N)c1)c1cn[nH]c1. The van der Waals surface area contributed by atoms with Crippen LogP contribution in [0.3, 0.4) is 0 Å². The van der Waals surface area contributed by atoms with Crippen LogP contribution in [0.2, 0.25) is 0 Å². The minimum Gasteiger partial charge on any atom is -0.378 e. The summed E-state index contributed by atoms with van der Waals surface area (Å²) in [6, 6.07) is 7.81. The van der Waals surface area contributed by atoms with E-state index in [2.05, 4.69) is 37.5 Å². The van der Waals surface area contributed by atoms with Gasteiger partial charge >= 0.3 is 0 Å². The highest BCUT2D eigenvalue weighted by atomic mass is 79.9.